The molecule has 0 radical (unpaired) electrons. The predicted molar refractivity (Wildman–Crippen MR) is 113 cm³/mol. The zero-order chi connectivity index (χ0) is 21.8. The van der Waals surface area contributed by atoms with Gasteiger partial charge in [-0.15, -0.1) is 0 Å². The van der Waals surface area contributed by atoms with E-state index in [-0.39, 0.29) is 22.2 Å². The quantitative estimate of drug-likeness (QED) is 0.478. The molecule has 31 heavy (non-hydrogen) atoms. The summed E-state index contributed by atoms with van der Waals surface area (Å²) < 4.78 is 32.6. The van der Waals surface area contributed by atoms with Crippen molar-refractivity contribution >= 4 is 21.5 Å². The maximum absolute atomic E-state index is 12.9. The first-order chi connectivity index (χ1) is 15.0. The Hall–Kier alpha value is -3.56. The zero-order valence-corrected chi connectivity index (χ0v) is 17.5. The summed E-state index contributed by atoms with van der Waals surface area (Å²) in [5, 5.41) is 2.81. The maximum atomic E-state index is 12.9. The molecule has 0 saturated carbocycles. The summed E-state index contributed by atoms with van der Waals surface area (Å²) in [6, 6.07) is 13.1. The zero-order valence-electron chi connectivity index (χ0n) is 16.7. The second-order valence-corrected chi connectivity index (χ2v) is 8.84. The van der Waals surface area contributed by atoms with Crippen molar-refractivity contribution in [2.45, 2.75) is 22.9 Å². The van der Waals surface area contributed by atoms with Gasteiger partial charge in [-0.05, 0) is 35.4 Å². The van der Waals surface area contributed by atoms with Crippen LogP contribution in [0.2, 0.25) is 0 Å². The molecule has 0 aliphatic heterocycles. The number of sulfone groups is 1. The number of aromatic nitrogens is 3. The number of methoxy groups -OCH3 is 1. The molecule has 0 fully saturated rings. The highest BCUT2D eigenvalue weighted by Crippen LogP contribution is 2.22. The number of benzene rings is 2. The molecular formula is C22H20N4O4S. The molecule has 4 rings (SSSR count). The maximum Gasteiger partial charge on any atom is 0.254 e. The summed E-state index contributed by atoms with van der Waals surface area (Å²) in [5.41, 5.74) is 1.96. The number of nitrogens with one attached hydrogen (secondary N) is 1. The topological polar surface area (TPSA) is 103 Å². The lowest BCUT2D eigenvalue weighted by molar-refractivity contribution is 0.0950. The van der Waals surface area contributed by atoms with Gasteiger partial charge in [-0.25, -0.2) is 18.4 Å². The van der Waals surface area contributed by atoms with Gasteiger partial charge in [0.1, 0.15) is 0 Å². The van der Waals surface area contributed by atoms with Crippen molar-refractivity contribution in [3.8, 4) is 0 Å². The summed E-state index contributed by atoms with van der Waals surface area (Å²) in [7, 11) is -2.09. The number of hydrogen-bond acceptors (Lipinski definition) is 6. The third-order valence-electron chi connectivity index (χ3n) is 4.71. The highest BCUT2D eigenvalue weighted by molar-refractivity contribution is 7.91. The Morgan fingerprint density at radius 1 is 1.06 bits per heavy atom. The number of carbonyl (C=O) groups excluding carboxylic acids is 1. The van der Waals surface area contributed by atoms with E-state index in [9.17, 15) is 13.2 Å². The van der Waals surface area contributed by atoms with Crippen molar-refractivity contribution < 1.29 is 17.9 Å². The first-order valence-corrected chi connectivity index (χ1v) is 10.9. The van der Waals surface area contributed by atoms with Gasteiger partial charge in [-0.2, -0.15) is 0 Å². The Morgan fingerprint density at radius 2 is 1.87 bits per heavy atom. The monoisotopic (exact) mass is 436 g/mol. The standard InChI is InChI=1S/C22H20N4O4S/c1-30-15-17-3-2-4-20(11-17)31(28,29)19-7-5-16(6-8-19)12-24-21(27)18-13-25-22-23-9-10-26(22)14-18/h2-11,13-14H,12,15H2,1H3,(H,24,27). The predicted octanol–water partition coefficient (Wildman–Crippen LogP) is 2.64. The highest BCUT2D eigenvalue weighted by Gasteiger charge is 2.18. The number of fused-ring (bicyclic) bond motifs is 1. The summed E-state index contributed by atoms with van der Waals surface area (Å²) in [5.74, 6) is 0.232. The molecule has 2 aromatic carbocycles. The number of imidazole rings is 1. The van der Waals surface area contributed by atoms with Gasteiger partial charge >= 0.3 is 0 Å². The van der Waals surface area contributed by atoms with Gasteiger partial charge < -0.3 is 10.1 Å². The van der Waals surface area contributed by atoms with Crippen molar-refractivity contribution in [3.63, 3.8) is 0 Å². The van der Waals surface area contributed by atoms with Crippen molar-refractivity contribution in [2.24, 2.45) is 0 Å². The van der Waals surface area contributed by atoms with Gasteiger partial charge in [0.25, 0.3) is 5.91 Å². The first kappa shape index (κ1) is 20.7. The van der Waals surface area contributed by atoms with Crippen LogP contribution in [0.4, 0.5) is 0 Å². The van der Waals surface area contributed by atoms with Gasteiger partial charge in [0.2, 0.25) is 15.6 Å². The molecule has 0 atom stereocenters. The number of amides is 1. The Bertz CT molecular complexity index is 1330. The molecule has 158 valence electrons. The molecular weight excluding hydrogens is 416 g/mol. The lowest BCUT2D eigenvalue weighted by Crippen LogP contribution is -2.23. The van der Waals surface area contributed by atoms with Crippen LogP contribution in [-0.2, 0) is 27.7 Å². The van der Waals surface area contributed by atoms with Crippen LogP contribution in [0.15, 0.2) is 83.1 Å². The minimum absolute atomic E-state index is 0.187. The molecule has 8 nitrogen and oxygen atoms in total. The summed E-state index contributed by atoms with van der Waals surface area (Å²) in [6.07, 6.45) is 6.43. The van der Waals surface area contributed by atoms with E-state index in [1.54, 1.807) is 72.6 Å². The smallest absolute Gasteiger partial charge is 0.254 e. The molecule has 0 bridgehead atoms. The van der Waals surface area contributed by atoms with Crippen molar-refractivity contribution in [1.29, 1.82) is 0 Å². The number of hydrogen-bond donors (Lipinski definition) is 1. The van der Waals surface area contributed by atoms with E-state index in [1.807, 2.05) is 6.07 Å². The summed E-state index contributed by atoms with van der Waals surface area (Å²) >= 11 is 0. The molecule has 0 unspecified atom stereocenters. The van der Waals surface area contributed by atoms with Crippen LogP contribution < -0.4 is 5.32 Å². The van der Waals surface area contributed by atoms with Gasteiger partial charge in [0.05, 0.1) is 22.0 Å². The van der Waals surface area contributed by atoms with E-state index >= 15 is 0 Å². The molecule has 0 aliphatic rings. The third-order valence-corrected chi connectivity index (χ3v) is 6.48. The van der Waals surface area contributed by atoms with E-state index in [4.69, 9.17) is 4.74 Å². The van der Waals surface area contributed by atoms with E-state index in [0.29, 0.717) is 17.9 Å². The van der Waals surface area contributed by atoms with Crippen LogP contribution in [0.3, 0.4) is 0 Å². The number of ether oxygens (including phenoxy) is 1. The molecule has 1 amide bonds. The van der Waals surface area contributed by atoms with Crippen LogP contribution in [0.25, 0.3) is 5.78 Å². The van der Waals surface area contributed by atoms with Crippen LogP contribution >= 0.6 is 0 Å². The first-order valence-electron chi connectivity index (χ1n) is 9.46. The van der Waals surface area contributed by atoms with E-state index in [0.717, 1.165) is 11.1 Å². The van der Waals surface area contributed by atoms with E-state index in [2.05, 4.69) is 15.3 Å². The number of rotatable bonds is 7. The average molecular weight is 436 g/mol. The second kappa shape index (κ2) is 8.66. The minimum atomic E-state index is -3.65. The second-order valence-electron chi connectivity index (χ2n) is 6.89. The Kier molecular flexibility index (Phi) is 5.79. The largest absolute Gasteiger partial charge is 0.380 e. The molecule has 0 aliphatic carbocycles. The third kappa shape index (κ3) is 4.47. The van der Waals surface area contributed by atoms with Gasteiger partial charge in [0, 0.05) is 38.4 Å². The summed E-state index contributed by atoms with van der Waals surface area (Å²) in [4.78, 5) is 20.9. The molecule has 0 saturated heterocycles. The lowest BCUT2D eigenvalue weighted by atomic mass is 10.2. The normalized spacial score (nSPS) is 11.5. The molecule has 4 aromatic rings. The molecule has 2 aromatic heterocycles. The lowest BCUT2D eigenvalue weighted by Gasteiger charge is -2.09. The fourth-order valence-corrected chi connectivity index (χ4v) is 4.44. The Balaban J connectivity index is 1.45. The van der Waals surface area contributed by atoms with E-state index < -0.39 is 9.84 Å². The summed E-state index contributed by atoms with van der Waals surface area (Å²) in [6.45, 7) is 0.593. The average Bonchev–Trinajstić information content (AvgIpc) is 3.26. The molecule has 0 spiro atoms. The minimum Gasteiger partial charge on any atom is -0.380 e. The molecule has 1 N–H and O–H groups in total. The van der Waals surface area contributed by atoms with E-state index in [1.165, 1.54) is 6.20 Å². The van der Waals surface area contributed by atoms with Crippen molar-refractivity contribution in [2.75, 3.05) is 7.11 Å². The van der Waals surface area contributed by atoms with Crippen LogP contribution in [0.5, 0.6) is 0 Å². The number of carbonyl (C=O) groups is 1. The molecule has 2 heterocycles. The van der Waals surface area contributed by atoms with Crippen LogP contribution in [-0.4, -0.2) is 35.8 Å². The Labute approximate surface area is 179 Å². The van der Waals surface area contributed by atoms with Gasteiger partial charge in [-0.1, -0.05) is 24.3 Å². The van der Waals surface area contributed by atoms with Crippen molar-refractivity contribution in [1.82, 2.24) is 19.7 Å². The molecule has 9 heteroatoms. The van der Waals surface area contributed by atoms with Crippen molar-refractivity contribution in [3.05, 3.63) is 90.0 Å². The fraction of sp³-hybridized carbons (Fsp3) is 0.136. The fourth-order valence-electron chi connectivity index (χ4n) is 3.11. The Morgan fingerprint density at radius 3 is 2.65 bits per heavy atom. The van der Waals surface area contributed by atoms with Crippen LogP contribution in [0.1, 0.15) is 21.5 Å². The van der Waals surface area contributed by atoms with Crippen LogP contribution in [0, 0.1) is 0 Å². The number of nitrogens with zero attached hydrogens (tertiary/aromatic N) is 3. The highest BCUT2D eigenvalue weighted by atomic mass is 32.2. The van der Waals surface area contributed by atoms with Gasteiger partial charge in [0.15, 0.2) is 0 Å². The SMILES string of the molecule is COCc1cccc(S(=O)(=O)c2ccc(CNC(=O)c3cnc4nccn4c3)cc2)c1. The van der Waals surface area contributed by atoms with Gasteiger partial charge in [-0.3, -0.25) is 9.20 Å².